The van der Waals surface area contributed by atoms with Gasteiger partial charge in [-0.25, -0.2) is 0 Å². The van der Waals surface area contributed by atoms with Crippen molar-refractivity contribution >= 4 is 10.8 Å². The fourth-order valence-corrected chi connectivity index (χ4v) is 1.97. The Hall–Kier alpha value is -1.45. The van der Waals surface area contributed by atoms with Gasteiger partial charge in [-0.15, -0.1) is 0 Å². The van der Waals surface area contributed by atoms with E-state index >= 15 is 0 Å². The smallest absolute Gasteiger partial charge is 0.0652 e. The summed E-state index contributed by atoms with van der Waals surface area (Å²) in [5, 5.41) is 14.6. The van der Waals surface area contributed by atoms with Gasteiger partial charge in [-0.3, -0.25) is 4.98 Å². The molecule has 1 atom stereocenters. The maximum Gasteiger partial charge on any atom is 0.0652 e. The average Bonchev–Trinajstić information content (AvgIpc) is 2.35. The molecule has 0 aliphatic heterocycles. The number of pyridine rings is 1. The third-order valence-corrected chi connectivity index (χ3v) is 2.80. The Morgan fingerprint density at radius 2 is 2.12 bits per heavy atom. The highest BCUT2D eigenvalue weighted by Gasteiger charge is 2.12. The van der Waals surface area contributed by atoms with Crippen LogP contribution >= 0.6 is 0 Å². The number of fused-ring (bicyclic) bond motifs is 1. The zero-order chi connectivity index (χ0) is 11.4. The first-order valence-corrected chi connectivity index (χ1v) is 5.48. The van der Waals surface area contributed by atoms with E-state index in [4.69, 9.17) is 5.11 Å². The highest BCUT2D eigenvalue weighted by molar-refractivity contribution is 5.84. The Kier molecular flexibility index (Phi) is 3.49. The van der Waals surface area contributed by atoms with Gasteiger partial charge in [0, 0.05) is 18.2 Å². The van der Waals surface area contributed by atoms with Crippen LogP contribution in [0.1, 0.15) is 18.2 Å². The molecule has 0 unspecified atom stereocenters. The van der Waals surface area contributed by atoms with Crippen LogP contribution in [0.15, 0.2) is 36.5 Å². The number of hydrogen-bond acceptors (Lipinski definition) is 3. The van der Waals surface area contributed by atoms with E-state index in [9.17, 15) is 0 Å². The van der Waals surface area contributed by atoms with Crippen LogP contribution < -0.4 is 5.32 Å². The van der Waals surface area contributed by atoms with Crippen molar-refractivity contribution in [3.8, 4) is 0 Å². The summed E-state index contributed by atoms with van der Waals surface area (Å²) in [6, 6.07) is 10.3. The van der Waals surface area contributed by atoms with Gasteiger partial charge in [0.1, 0.15) is 0 Å². The lowest BCUT2D eigenvalue weighted by Crippen LogP contribution is -2.19. The molecule has 0 radical (unpaired) electrons. The second kappa shape index (κ2) is 5.05. The standard InChI is InChI=1S/C13H16N2O/c1-14-12(7-9-16)13-11-5-3-2-4-10(11)6-8-15-13/h2-6,8,12,14,16H,7,9H2,1H3/t12-/m1/s1. The average molecular weight is 216 g/mol. The summed E-state index contributed by atoms with van der Waals surface area (Å²) in [4.78, 5) is 4.42. The largest absolute Gasteiger partial charge is 0.396 e. The number of aliphatic hydroxyl groups excluding tert-OH is 1. The minimum Gasteiger partial charge on any atom is -0.396 e. The molecule has 3 heteroatoms. The lowest BCUT2D eigenvalue weighted by Gasteiger charge is -2.16. The summed E-state index contributed by atoms with van der Waals surface area (Å²) in [5.74, 6) is 0. The molecule has 3 nitrogen and oxygen atoms in total. The molecule has 2 rings (SSSR count). The molecule has 0 aliphatic rings. The minimum atomic E-state index is 0.107. The van der Waals surface area contributed by atoms with Crippen LogP contribution in [0.25, 0.3) is 10.8 Å². The van der Waals surface area contributed by atoms with Crippen molar-refractivity contribution in [3.05, 3.63) is 42.2 Å². The summed E-state index contributed by atoms with van der Waals surface area (Å²) < 4.78 is 0. The molecule has 0 bridgehead atoms. The second-order valence-electron chi connectivity index (χ2n) is 3.77. The molecule has 1 aromatic carbocycles. The van der Waals surface area contributed by atoms with Crippen molar-refractivity contribution in [1.82, 2.24) is 10.3 Å². The molecule has 0 aliphatic carbocycles. The van der Waals surface area contributed by atoms with Gasteiger partial charge in [-0.2, -0.15) is 0 Å². The number of hydrogen-bond donors (Lipinski definition) is 2. The summed E-state index contributed by atoms with van der Waals surface area (Å²) in [5.41, 5.74) is 1.01. The lowest BCUT2D eigenvalue weighted by atomic mass is 10.0. The Morgan fingerprint density at radius 1 is 1.31 bits per heavy atom. The van der Waals surface area contributed by atoms with Gasteiger partial charge in [0.15, 0.2) is 0 Å². The van der Waals surface area contributed by atoms with E-state index in [0.29, 0.717) is 6.42 Å². The molecule has 2 aromatic rings. The molecule has 0 saturated carbocycles. The van der Waals surface area contributed by atoms with Crippen molar-refractivity contribution in [2.75, 3.05) is 13.7 Å². The van der Waals surface area contributed by atoms with Crippen LogP contribution in [0.4, 0.5) is 0 Å². The normalized spacial score (nSPS) is 12.9. The van der Waals surface area contributed by atoms with Gasteiger partial charge in [0.25, 0.3) is 0 Å². The fraction of sp³-hybridized carbons (Fsp3) is 0.308. The maximum atomic E-state index is 9.03. The van der Waals surface area contributed by atoms with Crippen LogP contribution in [0, 0.1) is 0 Å². The highest BCUT2D eigenvalue weighted by atomic mass is 16.3. The number of aromatic nitrogens is 1. The Balaban J connectivity index is 2.50. The van der Waals surface area contributed by atoms with Crippen LogP contribution in [-0.2, 0) is 0 Å². The van der Waals surface area contributed by atoms with E-state index in [-0.39, 0.29) is 12.6 Å². The molecule has 84 valence electrons. The Labute approximate surface area is 95.1 Å². The van der Waals surface area contributed by atoms with E-state index in [1.807, 2.05) is 31.4 Å². The van der Waals surface area contributed by atoms with E-state index < -0.39 is 0 Å². The molecule has 16 heavy (non-hydrogen) atoms. The van der Waals surface area contributed by atoms with Crippen LogP contribution in [-0.4, -0.2) is 23.7 Å². The van der Waals surface area contributed by atoms with Crippen molar-refractivity contribution in [2.24, 2.45) is 0 Å². The summed E-state index contributed by atoms with van der Waals surface area (Å²) in [7, 11) is 1.89. The van der Waals surface area contributed by atoms with Crippen molar-refractivity contribution < 1.29 is 5.11 Å². The monoisotopic (exact) mass is 216 g/mol. The third-order valence-electron chi connectivity index (χ3n) is 2.80. The predicted molar refractivity (Wildman–Crippen MR) is 65.2 cm³/mol. The van der Waals surface area contributed by atoms with Crippen molar-refractivity contribution in [2.45, 2.75) is 12.5 Å². The molecule has 1 aromatic heterocycles. The first-order valence-electron chi connectivity index (χ1n) is 5.48. The quantitative estimate of drug-likeness (QED) is 0.820. The minimum absolute atomic E-state index is 0.107. The highest BCUT2D eigenvalue weighted by Crippen LogP contribution is 2.23. The predicted octanol–water partition coefficient (Wildman–Crippen LogP) is 1.88. The topological polar surface area (TPSA) is 45.1 Å². The Morgan fingerprint density at radius 3 is 2.88 bits per heavy atom. The molecule has 0 amide bonds. The van der Waals surface area contributed by atoms with Gasteiger partial charge in [-0.05, 0) is 24.9 Å². The van der Waals surface area contributed by atoms with Gasteiger partial charge in [0.05, 0.1) is 11.7 Å². The number of rotatable bonds is 4. The lowest BCUT2D eigenvalue weighted by molar-refractivity contribution is 0.268. The molecule has 0 spiro atoms. The molecule has 2 N–H and O–H groups in total. The fourth-order valence-electron chi connectivity index (χ4n) is 1.97. The second-order valence-corrected chi connectivity index (χ2v) is 3.77. The number of nitrogens with one attached hydrogen (secondary N) is 1. The molecule has 1 heterocycles. The van der Waals surface area contributed by atoms with E-state index in [0.717, 1.165) is 11.1 Å². The van der Waals surface area contributed by atoms with Crippen LogP contribution in [0.3, 0.4) is 0 Å². The van der Waals surface area contributed by atoms with E-state index in [2.05, 4.69) is 22.4 Å². The zero-order valence-electron chi connectivity index (χ0n) is 9.35. The third kappa shape index (κ3) is 2.05. The maximum absolute atomic E-state index is 9.03. The van der Waals surface area contributed by atoms with E-state index in [1.54, 1.807) is 0 Å². The summed E-state index contributed by atoms with van der Waals surface area (Å²) >= 11 is 0. The molecular formula is C13H16N2O. The van der Waals surface area contributed by atoms with Gasteiger partial charge in [0.2, 0.25) is 0 Å². The van der Waals surface area contributed by atoms with Gasteiger partial charge >= 0.3 is 0 Å². The van der Waals surface area contributed by atoms with Gasteiger partial charge < -0.3 is 10.4 Å². The summed E-state index contributed by atoms with van der Waals surface area (Å²) in [6.07, 6.45) is 2.50. The first-order chi connectivity index (χ1) is 7.86. The molecular weight excluding hydrogens is 200 g/mol. The van der Waals surface area contributed by atoms with Crippen molar-refractivity contribution in [3.63, 3.8) is 0 Å². The summed E-state index contributed by atoms with van der Waals surface area (Å²) in [6.45, 7) is 0.163. The van der Waals surface area contributed by atoms with Gasteiger partial charge in [-0.1, -0.05) is 24.3 Å². The first kappa shape index (κ1) is 11.0. The Bertz CT molecular complexity index is 465. The molecule has 0 saturated heterocycles. The zero-order valence-corrected chi connectivity index (χ0v) is 9.35. The van der Waals surface area contributed by atoms with Crippen LogP contribution in [0.5, 0.6) is 0 Å². The van der Waals surface area contributed by atoms with Crippen LogP contribution in [0.2, 0.25) is 0 Å². The number of aliphatic hydroxyl groups is 1. The molecule has 0 fully saturated rings. The number of nitrogens with zero attached hydrogens (tertiary/aromatic N) is 1. The van der Waals surface area contributed by atoms with E-state index in [1.165, 1.54) is 5.39 Å². The SMILES string of the molecule is CN[C@H](CCO)c1nccc2ccccc12. The number of benzene rings is 1. The van der Waals surface area contributed by atoms with Crippen molar-refractivity contribution in [1.29, 1.82) is 0 Å².